The summed E-state index contributed by atoms with van der Waals surface area (Å²) in [4.78, 5) is 28.4. The van der Waals surface area contributed by atoms with E-state index in [2.05, 4.69) is 15.8 Å². The summed E-state index contributed by atoms with van der Waals surface area (Å²) in [6, 6.07) is 11.0. The van der Waals surface area contributed by atoms with Crippen molar-refractivity contribution in [1.29, 1.82) is 0 Å². The van der Waals surface area contributed by atoms with Crippen LogP contribution in [0.1, 0.15) is 15.9 Å². The van der Waals surface area contributed by atoms with Crippen molar-refractivity contribution in [3.8, 4) is 0 Å². The maximum atomic E-state index is 13.2. The number of rotatable bonds is 5. The van der Waals surface area contributed by atoms with Crippen LogP contribution in [0, 0.1) is 5.82 Å². The van der Waals surface area contributed by atoms with Gasteiger partial charge >= 0.3 is 0 Å². The minimum atomic E-state index is -0.468. The highest BCUT2D eigenvalue weighted by molar-refractivity contribution is 6.33. The van der Waals surface area contributed by atoms with Crippen molar-refractivity contribution in [3.63, 3.8) is 0 Å². The van der Waals surface area contributed by atoms with Gasteiger partial charge in [-0.1, -0.05) is 41.4 Å². The smallest absolute Gasteiger partial charge is 0.271 e. The highest BCUT2D eigenvalue weighted by atomic mass is 35.5. The van der Waals surface area contributed by atoms with Crippen molar-refractivity contribution in [2.75, 3.05) is 32.7 Å². The monoisotopic (exact) mass is 438 g/mol. The second-order valence-corrected chi connectivity index (χ2v) is 7.58. The Hall–Kier alpha value is -2.19. The van der Waals surface area contributed by atoms with Crippen LogP contribution in [0.4, 0.5) is 4.39 Å². The Morgan fingerprint density at radius 2 is 1.62 bits per heavy atom. The molecule has 0 saturated carbocycles. The Bertz CT molecular complexity index is 889. The average molecular weight is 439 g/mol. The second kappa shape index (κ2) is 10.0. The van der Waals surface area contributed by atoms with Gasteiger partial charge in [-0.2, -0.15) is 0 Å². The molecule has 1 aliphatic rings. The van der Waals surface area contributed by atoms with Gasteiger partial charge in [-0.25, -0.2) is 4.39 Å². The topological polar surface area (TPSA) is 64.7 Å². The number of piperazine rings is 1. The number of hydrogen-bond donors (Lipinski definition) is 2. The number of amides is 2. The maximum absolute atomic E-state index is 13.2. The third-order valence-corrected chi connectivity index (χ3v) is 5.36. The SMILES string of the molecule is O=C(CN1CCN(Cc2ccc(F)cc2Cl)CC1)NNC(=O)c1ccccc1Cl. The summed E-state index contributed by atoms with van der Waals surface area (Å²) >= 11 is 12.1. The lowest BCUT2D eigenvalue weighted by Crippen LogP contribution is -2.51. The molecule has 0 spiro atoms. The van der Waals surface area contributed by atoms with Crippen molar-refractivity contribution in [2.45, 2.75) is 6.54 Å². The molecule has 1 saturated heterocycles. The van der Waals surface area contributed by atoms with E-state index < -0.39 is 5.91 Å². The van der Waals surface area contributed by atoms with Gasteiger partial charge in [0, 0.05) is 37.7 Å². The van der Waals surface area contributed by atoms with Crippen molar-refractivity contribution >= 4 is 35.0 Å². The lowest BCUT2D eigenvalue weighted by atomic mass is 10.2. The highest BCUT2D eigenvalue weighted by Gasteiger charge is 2.20. The number of nitrogens with zero attached hydrogens (tertiary/aromatic N) is 2. The quantitative estimate of drug-likeness (QED) is 0.704. The molecule has 1 heterocycles. The fraction of sp³-hybridized carbons (Fsp3) is 0.300. The molecule has 2 N–H and O–H groups in total. The van der Waals surface area contributed by atoms with Gasteiger partial charge in [0.25, 0.3) is 11.8 Å². The molecule has 2 aromatic rings. The predicted octanol–water partition coefficient (Wildman–Crippen LogP) is 2.71. The van der Waals surface area contributed by atoms with Crippen LogP contribution in [0.3, 0.4) is 0 Å². The molecule has 9 heteroatoms. The lowest BCUT2D eigenvalue weighted by molar-refractivity contribution is -0.123. The van der Waals surface area contributed by atoms with E-state index >= 15 is 0 Å². The van der Waals surface area contributed by atoms with Crippen LogP contribution < -0.4 is 10.9 Å². The van der Waals surface area contributed by atoms with Crippen LogP contribution >= 0.6 is 23.2 Å². The van der Waals surface area contributed by atoms with Crippen LogP contribution in [0.25, 0.3) is 0 Å². The van der Waals surface area contributed by atoms with E-state index in [1.165, 1.54) is 12.1 Å². The largest absolute Gasteiger partial charge is 0.296 e. The van der Waals surface area contributed by atoms with E-state index in [1.807, 2.05) is 4.90 Å². The van der Waals surface area contributed by atoms with Crippen molar-refractivity contribution in [2.24, 2.45) is 0 Å². The molecule has 0 aliphatic carbocycles. The van der Waals surface area contributed by atoms with Gasteiger partial charge in [-0.3, -0.25) is 30.2 Å². The number of halogens is 3. The minimum absolute atomic E-state index is 0.175. The van der Waals surface area contributed by atoms with Crippen LogP contribution in [0.15, 0.2) is 42.5 Å². The Labute approximate surface area is 178 Å². The Balaban J connectivity index is 1.40. The molecule has 0 unspecified atom stereocenters. The molecule has 0 radical (unpaired) electrons. The zero-order valence-corrected chi connectivity index (χ0v) is 17.1. The fourth-order valence-electron chi connectivity index (χ4n) is 3.08. The summed E-state index contributed by atoms with van der Waals surface area (Å²) in [6.45, 7) is 3.72. The standard InChI is InChI=1S/C20H21Cl2FN4O2/c21-17-4-2-1-3-16(17)20(29)25-24-19(28)13-27-9-7-26(8-10-27)12-14-5-6-15(23)11-18(14)22/h1-6,11H,7-10,12-13H2,(H,24,28)(H,25,29). The van der Waals surface area contributed by atoms with Gasteiger partial charge in [0.1, 0.15) is 5.82 Å². The van der Waals surface area contributed by atoms with Crippen LogP contribution in [-0.2, 0) is 11.3 Å². The first-order valence-corrected chi connectivity index (χ1v) is 9.90. The summed E-state index contributed by atoms with van der Waals surface area (Å²) in [5, 5.41) is 0.734. The van der Waals surface area contributed by atoms with E-state index in [9.17, 15) is 14.0 Å². The summed E-state index contributed by atoms with van der Waals surface area (Å²) in [5.74, 6) is -1.12. The first-order valence-electron chi connectivity index (χ1n) is 9.15. The lowest BCUT2D eigenvalue weighted by Gasteiger charge is -2.34. The summed E-state index contributed by atoms with van der Waals surface area (Å²) in [5.41, 5.74) is 5.96. The molecule has 2 amide bonds. The molecular weight excluding hydrogens is 418 g/mol. The number of benzene rings is 2. The molecule has 0 atom stereocenters. The summed E-state index contributed by atoms with van der Waals surface area (Å²) in [7, 11) is 0. The summed E-state index contributed by atoms with van der Waals surface area (Å²) in [6.07, 6.45) is 0. The number of hydrogen-bond acceptors (Lipinski definition) is 4. The molecule has 0 bridgehead atoms. The van der Waals surface area contributed by atoms with E-state index in [1.54, 1.807) is 30.3 Å². The van der Waals surface area contributed by atoms with Crippen LogP contribution in [0.2, 0.25) is 10.0 Å². The molecule has 1 aliphatic heterocycles. The van der Waals surface area contributed by atoms with Crippen molar-refractivity contribution in [3.05, 3.63) is 69.5 Å². The zero-order chi connectivity index (χ0) is 20.8. The first-order chi connectivity index (χ1) is 13.9. The Kier molecular flexibility index (Phi) is 7.44. The average Bonchev–Trinajstić information content (AvgIpc) is 2.70. The van der Waals surface area contributed by atoms with Gasteiger partial charge in [0.15, 0.2) is 0 Å². The van der Waals surface area contributed by atoms with Gasteiger partial charge in [0.2, 0.25) is 0 Å². The van der Waals surface area contributed by atoms with Gasteiger partial charge in [-0.05, 0) is 29.8 Å². The van der Waals surface area contributed by atoms with Crippen molar-refractivity contribution in [1.82, 2.24) is 20.7 Å². The molecular formula is C20H21Cl2FN4O2. The first kappa shape index (κ1) is 21.5. The third-order valence-electron chi connectivity index (χ3n) is 4.68. The predicted molar refractivity (Wildman–Crippen MR) is 110 cm³/mol. The summed E-state index contributed by atoms with van der Waals surface area (Å²) < 4.78 is 13.2. The zero-order valence-electron chi connectivity index (χ0n) is 15.6. The van der Waals surface area contributed by atoms with E-state index in [0.29, 0.717) is 35.2 Å². The molecule has 1 fully saturated rings. The fourth-order valence-corrected chi connectivity index (χ4v) is 3.53. The Morgan fingerprint density at radius 3 is 2.31 bits per heavy atom. The molecule has 3 rings (SSSR count). The third kappa shape index (κ3) is 6.14. The highest BCUT2D eigenvalue weighted by Crippen LogP contribution is 2.19. The van der Waals surface area contributed by atoms with Crippen LogP contribution in [-0.4, -0.2) is 54.3 Å². The number of nitrogens with one attached hydrogen (secondary N) is 2. The van der Waals surface area contributed by atoms with E-state index in [-0.39, 0.29) is 18.3 Å². The van der Waals surface area contributed by atoms with Gasteiger partial charge in [-0.15, -0.1) is 0 Å². The van der Waals surface area contributed by atoms with Crippen LogP contribution in [0.5, 0.6) is 0 Å². The molecule has 6 nitrogen and oxygen atoms in total. The normalized spacial score (nSPS) is 15.1. The number of hydrazine groups is 1. The molecule has 154 valence electrons. The van der Waals surface area contributed by atoms with E-state index in [4.69, 9.17) is 23.2 Å². The molecule has 2 aromatic carbocycles. The van der Waals surface area contributed by atoms with Gasteiger partial charge in [0.05, 0.1) is 17.1 Å². The van der Waals surface area contributed by atoms with Crippen molar-refractivity contribution < 1.29 is 14.0 Å². The minimum Gasteiger partial charge on any atom is -0.296 e. The Morgan fingerprint density at radius 1 is 0.931 bits per heavy atom. The molecule has 0 aromatic heterocycles. The maximum Gasteiger partial charge on any atom is 0.271 e. The molecule has 29 heavy (non-hydrogen) atoms. The number of carbonyl (C=O) groups is 2. The van der Waals surface area contributed by atoms with Gasteiger partial charge < -0.3 is 0 Å². The second-order valence-electron chi connectivity index (χ2n) is 6.77. The number of carbonyl (C=O) groups excluding carboxylic acids is 2. The van der Waals surface area contributed by atoms with E-state index in [0.717, 1.165) is 18.7 Å².